The average Bonchev–Trinajstić information content (AvgIpc) is 2.41. The number of aromatic nitrogens is 2. The van der Waals surface area contributed by atoms with Crippen molar-refractivity contribution in [2.45, 2.75) is 25.3 Å². The van der Waals surface area contributed by atoms with Crippen molar-refractivity contribution in [2.24, 2.45) is 0 Å². The predicted molar refractivity (Wildman–Crippen MR) is 66.7 cm³/mol. The number of anilines is 1. The van der Waals surface area contributed by atoms with Crippen LogP contribution in [-0.4, -0.2) is 47.0 Å². The van der Waals surface area contributed by atoms with Gasteiger partial charge in [0.25, 0.3) is 0 Å². The van der Waals surface area contributed by atoms with E-state index in [1.807, 2.05) is 6.92 Å². The molecule has 18 heavy (non-hydrogen) atoms. The van der Waals surface area contributed by atoms with Gasteiger partial charge in [-0.3, -0.25) is 0 Å². The highest BCUT2D eigenvalue weighted by atomic mass is 16.5. The Bertz CT molecular complexity index is 381. The van der Waals surface area contributed by atoms with Gasteiger partial charge in [-0.25, -0.2) is 4.98 Å². The van der Waals surface area contributed by atoms with E-state index in [0.717, 1.165) is 12.8 Å². The first kappa shape index (κ1) is 13.0. The number of aliphatic hydroxyl groups is 1. The molecule has 0 unspecified atom stereocenters. The summed E-state index contributed by atoms with van der Waals surface area (Å²) in [6.07, 6.45) is 3.13. The van der Waals surface area contributed by atoms with Crippen LogP contribution in [0.1, 0.15) is 19.8 Å². The summed E-state index contributed by atoms with van der Waals surface area (Å²) in [7, 11) is 0. The smallest absolute Gasteiger partial charge is 0.226 e. The Morgan fingerprint density at radius 1 is 1.50 bits per heavy atom. The summed E-state index contributed by atoms with van der Waals surface area (Å²) < 4.78 is 10.6. The van der Waals surface area contributed by atoms with E-state index < -0.39 is 0 Å². The summed E-state index contributed by atoms with van der Waals surface area (Å²) in [4.78, 5) is 8.41. The first-order valence-corrected chi connectivity index (χ1v) is 6.21. The number of nitrogens with zero attached hydrogens (tertiary/aromatic N) is 2. The first-order valence-electron chi connectivity index (χ1n) is 6.21. The predicted octanol–water partition coefficient (Wildman–Crippen LogP) is 0.829. The molecule has 0 aromatic carbocycles. The fourth-order valence-electron chi connectivity index (χ4n) is 1.95. The molecule has 1 aromatic heterocycles. The van der Waals surface area contributed by atoms with Gasteiger partial charge in [0.1, 0.15) is 0 Å². The molecule has 0 bridgehead atoms. The van der Waals surface area contributed by atoms with Crippen molar-refractivity contribution in [1.29, 1.82) is 0 Å². The van der Waals surface area contributed by atoms with Gasteiger partial charge in [0.15, 0.2) is 0 Å². The van der Waals surface area contributed by atoms with Crippen LogP contribution >= 0.6 is 0 Å². The highest BCUT2D eigenvalue weighted by Gasteiger charge is 2.32. The lowest BCUT2D eigenvalue weighted by molar-refractivity contribution is 0.0376. The quantitative estimate of drug-likeness (QED) is 0.809. The molecule has 1 aromatic rings. The normalized spacial score (nSPS) is 18.3. The number of aliphatic hydroxyl groups excluding tert-OH is 1. The fraction of sp³-hybridized carbons (Fsp3) is 0.667. The molecule has 0 atom stereocenters. The third-order valence-electron chi connectivity index (χ3n) is 3.05. The van der Waals surface area contributed by atoms with Crippen LogP contribution in [0.5, 0.6) is 5.88 Å². The van der Waals surface area contributed by atoms with E-state index in [1.54, 1.807) is 12.3 Å². The van der Waals surface area contributed by atoms with E-state index in [0.29, 0.717) is 31.6 Å². The first-order chi connectivity index (χ1) is 8.78. The Kier molecular flexibility index (Phi) is 4.33. The van der Waals surface area contributed by atoms with Crippen LogP contribution in [0.15, 0.2) is 12.3 Å². The molecule has 100 valence electrons. The van der Waals surface area contributed by atoms with Gasteiger partial charge in [0.05, 0.1) is 18.8 Å². The molecule has 0 saturated carbocycles. The van der Waals surface area contributed by atoms with Crippen LogP contribution in [0, 0.1) is 0 Å². The molecule has 0 radical (unpaired) electrons. The van der Waals surface area contributed by atoms with Crippen molar-refractivity contribution in [2.75, 3.05) is 31.7 Å². The molecule has 2 N–H and O–H groups in total. The summed E-state index contributed by atoms with van der Waals surface area (Å²) in [5, 5.41) is 12.8. The molecular weight excluding hydrogens is 234 g/mol. The molecule has 6 nitrogen and oxygen atoms in total. The second-order valence-electron chi connectivity index (χ2n) is 4.33. The second kappa shape index (κ2) is 5.97. The zero-order valence-electron chi connectivity index (χ0n) is 10.6. The molecule has 2 heterocycles. The van der Waals surface area contributed by atoms with E-state index in [-0.39, 0.29) is 12.1 Å². The maximum absolute atomic E-state index is 9.57. The monoisotopic (exact) mass is 253 g/mol. The molecule has 0 amide bonds. The van der Waals surface area contributed by atoms with Crippen LogP contribution in [0.4, 0.5) is 5.95 Å². The van der Waals surface area contributed by atoms with Gasteiger partial charge in [-0.15, -0.1) is 0 Å². The SMILES string of the molecule is CCOc1ccnc(NC2(CO)CCOCC2)n1. The van der Waals surface area contributed by atoms with Crippen molar-refractivity contribution in [3.05, 3.63) is 12.3 Å². The summed E-state index contributed by atoms with van der Waals surface area (Å²) in [5.74, 6) is 1.02. The average molecular weight is 253 g/mol. The lowest BCUT2D eigenvalue weighted by atomic mass is 9.91. The van der Waals surface area contributed by atoms with Gasteiger partial charge in [-0.2, -0.15) is 4.98 Å². The Hall–Kier alpha value is -1.40. The van der Waals surface area contributed by atoms with Gasteiger partial charge in [0.2, 0.25) is 11.8 Å². The lowest BCUT2D eigenvalue weighted by Gasteiger charge is -2.36. The van der Waals surface area contributed by atoms with Crippen molar-refractivity contribution in [1.82, 2.24) is 9.97 Å². The maximum atomic E-state index is 9.57. The Labute approximate surface area is 106 Å². The molecule has 0 aliphatic carbocycles. The van der Waals surface area contributed by atoms with E-state index in [9.17, 15) is 5.11 Å². The Morgan fingerprint density at radius 3 is 2.94 bits per heavy atom. The van der Waals surface area contributed by atoms with Crippen LogP contribution in [0.25, 0.3) is 0 Å². The zero-order valence-corrected chi connectivity index (χ0v) is 10.6. The number of ether oxygens (including phenoxy) is 2. The van der Waals surface area contributed by atoms with Crippen LogP contribution in [0.3, 0.4) is 0 Å². The highest BCUT2D eigenvalue weighted by molar-refractivity contribution is 5.32. The van der Waals surface area contributed by atoms with Crippen molar-refractivity contribution in [3.8, 4) is 5.88 Å². The highest BCUT2D eigenvalue weighted by Crippen LogP contribution is 2.24. The van der Waals surface area contributed by atoms with E-state index >= 15 is 0 Å². The Morgan fingerprint density at radius 2 is 2.28 bits per heavy atom. The van der Waals surface area contributed by atoms with E-state index in [2.05, 4.69) is 15.3 Å². The van der Waals surface area contributed by atoms with Crippen LogP contribution < -0.4 is 10.1 Å². The fourth-order valence-corrected chi connectivity index (χ4v) is 1.95. The minimum Gasteiger partial charge on any atom is -0.478 e. The van der Waals surface area contributed by atoms with Gasteiger partial charge < -0.3 is 19.9 Å². The molecule has 1 aliphatic heterocycles. The third-order valence-corrected chi connectivity index (χ3v) is 3.05. The number of rotatable bonds is 5. The Balaban J connectivity index is 2.08. The van der Waals surface area contributed by atoms with Gasteiger partial charge in [-0.05, 0) is 19.8 Å². The molecule has 1 aliphatic rings. The van der Waals surface area contributed by atoms with E-state index in [1.165, 1.54) is 0 Å². The van der Waals surface area contributed by atoms with Crippen molar-refractivity contribution in [3.63, 3.8) is 0 Å². The molecule has 1 fully saturated rings. The second-order valence-corrected chi connectivity index (χ2v) is 4.33. The number of hydrogen-bond acceptors (Lipinski definition) is 6. The maximum Gasteiger partial charge on any atom is 0.226 e. The summed E-state index contributed by atoms with van der Waals surface area (Å²) in [6.45, 7) is 3.79. The molecule has 0 spiro atoms. The minimum absolute atomic E-state index is 0.0403. The largest absolute Gasteiger partial charge is 0.478 e. The van der Waals surface area contributed by atoms with Crippen molar-refractivity contribution < 1.29 is 14.6 Å². The molecule has 2 rings (SSSR count). The summed E-state index contributed by atoms with van der Waals surface area (Å²) >= 11 is 0. The van der Waals surface area contributed by atoms with Gasteiger partial charge in [0, 0.05) is 25.5 Å². The van der Waals surface area contributed by atoms with Crippen LogP contribution in [-0.2, 0) is 4.74 Å². The van der Waals surface area contributed by atoms with Gasteiger partial charge >= 0.3 is 0 Å². The standard InChI is InChI=1S/C12H19N3O3/c1-2-18-10-3-6-13-11(14-10)15-12(9-16)4-7-17-8-5-12/h3,6,16H,2,4-5,7-9H2,1H3,(H,13,14,15). The molecule has 1 saturated heterocycles. The molecular formula is C12H19N3O3. The zero-order chi connectivity index (χ0) is 12.8. The topological polar surface area (TPSA) is 76.5 Å². The number of hydrogen-bond donors (Lipinski definition) is 2. The molecule has 6 heteroatoms. The van der Waals surface area contributed by atoms with E-state index in [4.69, 9.17) is 9.47 Å². The summed E-state index contributed by atoms with van der Waals surface area (Å²) in [5.41, 5.74) is -0.386. The van der Waals surface area contributed by atoms with Crippen molar-refractivity contribution >= 4 is 5.95 Å². The minimum atomic E-state index is -0.386. The van der Waals surface area contributed by atoms with Gasteiger partial charge in [-0.1, -0.05) is 0 Å². The van der Waals surface area contributed by atoms with Crippen LogP contribution in [0.2, 0.25) is 0 Å². The number of nitrogens with one attached hydrogen (secondary N) is 1. The summed E-state index contributed by atoms with van der Waals surface area (Å²) in [6, 6.07) is 1.71. The lowest BCUT2D eigenvalue weighted by Crippen LogP contribution is -2.47. The third kappa shape index (κ3) is 3.08.